The van der Waals surface area contributed by atoms with E-state index < -0.39 is 0 Å². The Morgan fingerprint density at radius 2 is 0.893 bits per heavy atom. The van der Waals surface area contributed by atoms with Gasteiger partial charge < -0.3 is 4.57 Å². The first-order valence-electron chi connectivity index (χ1n) is 18.8. The predicted octanol–water partition coefficient (Wildman–Crippen LogP) is 13.7. The van der Waals surface area contributed by atoms with Crippen LogP contribution in [-0.2, 0) is 0 Å². The lowest BCUT2D eigenvalue weighted by Crippen LogP contribution is -2.01. The Labute approximate surface area is 327 Å². The molecule has 3 aromatic heterocycles. The summed E-state index contributed by atoms with van der Waals surface area (Å²) in [5.74, 6) is 1.92. The van der Waals surface area contributed by atoms with Crippen LogP contribution < -0.4 is 0 Å². The fourth-order valence-electron chi connectivity index (χ4n) is 8.00. The van der Waals surface area contributed by atoms with E-state index in [1.165, 1.54) is 42.1 Å². The third-order valence-electron chi connectivity index (χ3n) is 10.7. The molecule has 11 aromatic rings. The van der Waals surface area contributed by atoms with Crippen molar-refractivity contribution in [1.29, 1.82) is 0 Å². The Kier molecular flexibility index (Phi) is 7.64. The smallest absolute Gasteiger partial charge is 0.164 e. The summed E-state index contributed by atoms with van der Waals surface area (Å²) in [5.41, 5.74) is 10.9. The number of nitrogens with zero attached hydrogens (tertiary/aromatic N) is 4. The highest BCUT2D eigenvalue weighted by atomic mass is 32.1. The summed E-state index contributed by atoms with van der Waals surface area (Å²) >= 11 is 1.80. The van der Waals surface area contributed by atoms with E-state index in [0.717, 1.165) is 44.5 Å². The number of para-hydroxylation sites is 2. The van der Waals surface area contributed by atoms with Crippen molar-refractivity contribution in [2.75, 3.05) is 0 Å². The first-order chi connectivity index (χ1) is 27.7. The zero-order chi connectivity index (χ0) is 37.0. The molecule has 0 aliphatic rings. The van der Waals surface area contributed by atoms with Gasteiger partial charge in [0.25, 0.3) is 0 Å². The molecule has 0 fully saturated rings. The quantitative estimate of drug-likeness (QED) is 0.171. The average molecular weight is 733 g/mol. The van der Waals surface area contributed by atoms with Crippen LogP contribution in [-0.4, -0.2) is 19.5 Å². The third kappa shape index (κ3) is 5.48. The van der Waals surface area contributed by atoms with Crippen LogP contribution in [0.2, 0.25) is 0 Å². The third-order valence-corrected chi connectivity index (χ3v) is 11.8. The van der Waals surface area contributed by atoms with Gasteiger partial charge in [-0.05, 0) is 64.7 Å². The van der Waals surface area contributed by atoms with Crippen LogP contribution in [0.3, 0.4) is 0 Å². The maximum Gasteiger partial charge on any atom is 0.164 e. The van der Waals surface area contributed by atoms with E-state index >= 15 is 0 Å². The van der Waals surface area contributed by atoms with Crippen LogP contribution in [0.4, 0.5) is 0 Å². The number of aromatic nitrogens is 4. The van der Waals surface area contributed by atoms with Gasteiger partial charge >= 0.3 is 0 Å². The molecule has 0 radical (unpaired) electrons. The first-order valence-corrected chi connectivity index (χ1v) is 19.6. The van der Waals surface area contributed by atoms with Gasteiger partial charge in [-0.15, -0.1) is 11.3 Å². The molecule has 0 aliphatic carbocycles. The molecule has 5 heteroatoms. The molecule has 0 saturated carbocycles. The van der Waals surface area contributed by atoms with Gasteiger partial charge in [0.1, 0.15) is 0 Å². The molecule has 0 atom stereocenters. The predicted molar refractivity (Wildman–Crippen MR) is 234 cm³/mol. The number of hydrogen-bond acceptors (Lipinski definition) is 4. The monoisotopic (exact) mass is 732 g/mol. The highest BCUT2D eigenvalue weighted by Gasteiger charge is 2.19. The molecule has 262 valence electrons. The van der Waals surface area contributed by atoms with Gasteiger partial charge in [-0.25, -0.2) is 15.0 Å². The minimum Gasteiger partial charge on any atom is -0.309 e. The SMILES string of the molecule is c1ccc(-c2cccc(-c3ccc(-c4nc(-c5ccc6c7ccccc7n(-c7ccccc7)c6c5)nc(-c5cccc6sc7ccccc7c56)n4)cc3)c2)cc1. The molecule has 0 N–H and O–H groups in total. The fourth-order valence-corrected chi connectivity index (χ4v) is 9.13. The van der Waals surface area contributed by atoms with Gasteiger partial charge in [-0.3, -0.25) is 0 Å². The Balaban J connectivity index is 1.09. The standard InChI is InChI=1S/C51H32N4S/c1-3-13-33(14-4-1)36-15-11-16-37(31-36)34-25-27-35(28-26-34)49-52-50(54-51(53-49)43-21-12-24-47-48(43)42-20-8-10-23-46(42)56-47)38-29-30-41-40-19-7-9-22-44(40)55(45(41)32-38)39-17-5-2-6-18-39/h1-32H. The summed E-state index contributed by atoms with van der Waals surface area (Å²) in [6.07, 6.45) is 0. The van der Waals surface area contributed by atoms with Crippen molar-refractivity contribution in [3.05, 3.63) is 194 Å². The van der Waals surface area contributed by atoms with Crippen molar-refractivity contribution < 1.29 is 0 Å². The zero-order valence-electron chi connectivity index (χ0n) is 30.2. The minimum atomic E-state index is 0.632. The van der Waals surface area contributed by atoms with Crippen LogP contribution in [0, 0.1) is 0 Å². The normalized spacial score (nSPS) is 11.6. The van der Waals surface area contributed by atoms with E-state index in [1.807, 2.05) is 0 Å². The second kappa shape index (κ2) is 13.3. The summed E-state index contributed by atoms with van der Waals surface area (Å²) in [5, 5.41) is 4.77. The summed E-state index contributed by atoms with van der Waals surface area (Å²) in [6, 6.07) is 68.6. The van der Waals surface area contributed by atoms with Crippen molar-refractivity contribution in [1.82, 2.24) is 19.5 Å². The molecule has 0 saturated heterocycles. The fraction of sp³-hybridized carbons (Fsp3) is 0. The molecule has 0 aliphatic heterocycles. The van der Waals surface area contributed by atoms with E-state index in [9.17, 15) is 0 Å². The lowest BCUT2D eigenvalue weighted by atomic mass is 9.98. The first kappa shape index (κ1) is 32.2. The lowest BCUT2D eigenvalue weighted by Gasteiger charge is -2.11. The van der Waals surface area contributed by atoms with Gasteiger partial charge in [0.15, 0.2) is 17.5 Å². The summed E-state index contributed by atoms with van der Waals surface area (Å²) in [6.45, 7) is 0. The van der Waals surface area contributed by atoms with Crippen molar-refractivity contribution >= 4 is 53.3 Å². The molecule has 0 unspecified atom stereocenters. The summed E-state index contributed by atoms with van der Waals surface area (Å²) in [4.78, 5) is 15.7. The molecule has 11 rings (SSSR count). The minimum absolute atomic E-state index is 0.632. The van der Waals surface area contributed by atoms with E-state index in [0.29, 0.717) is 17.5 Å². The van der Waals surface area contributed by atoms with Gasteiger partial charge in [-0.1, -0.05) is 152 Å². The molecule has 0 amide bonds. The topological polar surface area (TPSA) is 43.6 Å². The van der Waals surface area contributed by atoms with Crippen LogP contribution in [0.15, 0.2) is 194 Å². The van der Waals surface area contributed by atoms with E-state index in [2.05, 4.69) is 199 Å². The molecular formula is C51H32N4S. The maximum atomic E-state index is 5.28. The van der Waals surface area contributed by atoms with Gasteiger partial charge in [0, 0.05) is 53.3 Å². The van der Waals surface area contributed by atoms with Crippen molar-refractivity contribution in [2.24, 2.45) is 0 Å². The highest BCUT2D eigenvalue weighted by Crippen LogP contribution is 2.40. The largest absolute Gasteiger partial charge is 0.309 e. The molecule has 3 heterocycles. The summed E-state index contributed by atoms with van der Waals surface area (Å²) < 4.78 is 4.79. The molecule has 0 spiro atoms. The van der Waals surface area contributed by atoms with Gasteiger partial charge in [-0.2, -0.15) is 0 Å². The number of thiophene rings is 1. The molecule has 4 nitrogen and oxygen atoms in total. The maximum absolute atomic E-state index is 5.28. The number of rotatable bonds is 6. The van der Waals surface area contributed by atoms with Gasteiger partial charge in [0.2, 0.25) is 0 Å². The second-order valence-electron chi connectivity index (χ2n) is 14.0. The van der Waals surface area contributed by atoms with Crippen LogP contribution in [0.5, 0.6) is 0 Å². The zero-order valence-corrected chi connectivity index (χ0v) is 31.0. The molecule has 56 heavy (non-hydrogen) atoms. The second-order valence-corrected chi connectivity index (χ2v) is 15.1. The number of benzene rings is 8. The van der Waals surface area contributed by atoms with Crippen molar-refractivity contribution in [2.45, 2.75) is 0 Å². The van der Waals surface area contributed by atoms with Crippen LogP contribution >= 0.6 is 11.3 Å². The summed E-state index contributed by atoms with van der Waals surface area (Å²) in [7, 11) is 0. The molecule has 8 aromatic carbocycles. The van der Waals surface area contributed by atoms with Crippen LogP contribution in [0.1, 0.15) is 0 Å². The lowest BCUT2D eigenvalue weighted by molar-refractivity contribution is 1.08. The van der Waals surface area contributed by atoms with E-state index in [1.54, 1.807) is 11.3 Å². The Morgan fingerprint density at radius 3 is 1.70 bits per heavy atom. The Hall–Kier alpha value is -7.21. The van der Waals surface area contributed by atoms with E-state index in [-0.39, 0.29) is 0 Å². The average Bonchev–Trinajstić information content (AvgIpc) is 3.83. The molecular weight excluding hydrogens is 701 g/mol. The number of hydrogen-bond donors (Lipinski definition) is 0. The number of fused-ring (bicyclic) bond motifs is 6. The van der Waals surface area contributed by atoms with Gasteiger partial charge in [0.05, 0.1) is 11.0 Å². The Morgan fingerprint density at radius 1 is 0.339 bits per heavy atom. The highest BCUT2D eigenvalue weighted by molar-refractivity contribution is 7.25. The Bertz CT molecular complexity index is 3240. The van der Waals surface area contributed by atoms with E-state index in [4.69, 9.17) is 15.0 Å². The van der Waals surface area contributed by atoms with Crippen LogP contribution in [0.25, 0.3) is 104 Å². The molecule has 0 bridgehead atoms. The van der Waals surface area contributed by atoms with Crippen molar-refractivity contribution in [3.63, 3.8) is 0 Å². The van der Waals surface area contributed by atoms with Crippen molar-refractivity contribution in [3.8, 4) is 62.1 Å².